The van der Waals surface area contributed by atoms with Gasteiger partial charge in [0.1, 0.15) is 18.0 Å². The number of aliphatic hydroxyl groups excluding tert-OH is 1. The van der Waals surface area contributed by atoms with E-state index in [0.717, 1.165) is 31.5 Å². The molecule has 0 amide bonds. The predicted molar refractivity (Wildman–Crippen MR) is 234 cm³/mol. The van der Waals surface area contributed by atoms with Crippen LogP contribution in [0, 0.1) is 38.9 Å². The molecule has 0 aliphatic carbocycles. The minimum atomic E-state index is -1.36. The van der Waals surface area contributed by atoms with E-state index in [4.69, 9.17) is 17.9 Å². The van der Waals surface area contributed by atoms with E-state index in [1.165, 1.54) is 17.7 Å². The van der Waals surface area contributed by atoms with Crippen molar-refractivity contribution in [1.82, 2.24) is 16.0 Å². The van der Waals surface area contributed by atoms with E-state index in [2.05, 4.69) is 34.5 Å². The first-order valence-corrected chi connectivity index (χ1v) is 16.2. The summed E-state index contributed by atoms with van der Waals surface area (Å²) in [5.41, 5.74) is 3.91. The Balaban J connectivity index is -0.000000133. The summed E-state index contributed by atoms with van der Waals surface area (Å²) >= 11 is 0. The Kier molecular flexibility index (Phi) is 46.6. The van der Waals surface area contributed by atoms with Crippen molar-refractivity contribution in [3.63, 3.8) is 0 Å². The quantitative estimate of drug-likeness (QED) is 0.134. The van der Waals surface area contributed by atoms with Crippen LogP contribution in [0.4, 0.5) is 15.8 Å². The van der Waals surface area contributed by atoms with Crippen molar-refractivity contribution < 1.29 is 53.5 Å². The molecule has 1 aliphatic heterocycles. The van der Waals surface area contributed by atoms with E-state index >= 15 is 0 Å². The van der Waals surface area contributed by atoms with Crippen LogP contribution in [0.1, 0.15) is 57.4 Å². The van der Waals surface area contributed by atoms with Crippen molar-refractivity contribution in [1.29, 1.82) is 0 Å². The molecular weight excluding hydrogens is 916 g/mol. The summed E-state index contributed by atoms with van der Waals surface area (Å²) in [4.78, 5) is 21.7. The number of ether oxygens (including phenoxy) is 1. The van der Waals surface area contributed by atoms with E-state index in [1.807, 2.05) is 57.4 Å². The number of aryl methyl sites for hydroxylation is 1. The van der Waals surface area contributed by atoms with Gasteiger partial charge < -0.3 is 67.2 Å². The van der Waals surface area contributed by atoms with E-state index in [-0.39, 0.29) is 137 Å². The third-order valence-corrected chi connectivity index (χ3v) is 7.59. The van der Waals surface area contributed by atoms with Gasteiger partial charge in [-0.25, -0.2) is 18.9 Å². The molecule has 1 aliphatic rings. The Hall–Kier alpha value is -1.77. The maximum Gasteiger partial charge on any atom is 2.00 e. The summed E-state index contributed by atoms with van der Waals surface area (Å²) in [6.45, 7) is 21.5. The van der Waals surface area contributed by atoms with Gasteiger partial charge in [-0.2, -0.15) is 42.3 Å². The van der Waals surface area contributed by atoms with Gasteiger partial charge in [-0.3, -0.25) is 0 Å². The third kappa shape index (κ3) is 24.5. The zero-order valence-electron chi connectivity index (χ0n) is 33.7. The van der Waals surface area contributed by atoms with Crippen molar-refractivity contribution in [2.75, 3.05) is 41.3 Å². The number of carbonyl (C=O) groups excluding carboxylic acids is 1. The third-order valence-electron chi connectivity index (χ3n) is 7.59. The van der Waals surface area contributed by atoms with Crippen molar-refractivity contribution in [2.45, 2.75) is 45.0 Å². The minimum Gasteiger partial charge on any atom is -1.00 e. The molecule has 4 aromatic rings. The fourth-order valence-corrected chi connectivity index (χ4v) is 4.97. The number of rotatable bonds is 9. The number of hydrogen-bond donors (Lipinski definition) is 3. The molecule has 1 heterocycles. The monoisotopic (exact) mass is 965 g/mol. The molecule has 5 N–H and O–H groups in total. The average molecular weight is 969 g/mol. The topological polar surface area (TPSA) is 117 Å². The molecule has 1 atom stereocenters. The number of cyclic esters (lactones) is 1. The smallest absolute Gasteiger partial charge is 1.00 e. The van der Waals surface area contributed by atoms with Crippen LogP contribution in [0.5, 0.6) is 0 Å². The zero-order chi connectivity index (χ0) is 37.1. The van der Waals surface area contributed by atoms with Gasteiger partial charge in [0.15, 0.2) is 11.4 Å². The number of aliphatic hydroxyl groups is 2. The summed E-state index contributed by atoms with van der Waals surface area (Å²) < 4.78 is 18.1. The number of carbonyl (C=O) groups is 1. The molecule has 0 saturated carbocycles. The summed E-state index contributed by atoms with van der Waals surface area (Å²) in [5, 5.41) is 21.2. The second kappa shape index (κ2) is 38.2. The molecule has 4 aromatic carbocycles. The van der Waals surface area contributed by atoms with E-state index < -0.39 is 5.60 Å². The fourth-order valence-electron chi connectivity index (χ4n) is 4.97. The predicted octanol–water partition coefficient (Wildman–Crippen LogP) is 2.60. The second-order valence-electron chi connectivity index (χ2n) is 12.1. The van der Waals surface area contributed by atoms with Crippen molar-refractivity contribution in [3.8, 4) is 0 Å². The summed E-state index contributed by atoms with van der Waals surface area (Å²) in [7, 11) is 8.01. The molecule has 312 valence electrons. The van der Waals surface area contributed by atoms with Gasteiger partial charge in [0.25, 0.3) is 0 Å². The van der Waals surface area contributed by atoms with Crippen molar-refractivity contribution >= 4 is 101 Å². The van der Waals surface area contributed by atoms with Crippen molar-refractivity contribution in [3.05, 3.63) is 160 Å². The maximum atomic E-state index is 13.3. The molecule has 0 aromatic heterocycles. The van der Waals surface area contributed by atoms with Crippen LogP contribution in [-0.4, -0.2) is 113 Å². The molecule has 58 heavy (non-hydrogen) atoms. The van der Waals surface area contributed by atoms with Crippen LogP contribution < -0.4 is 35.5 Å². The molecule has 9 nitrogen and oxygen atoms in total. The second-order valence-corrected chi connectivity index (χ2v) is 12.1. The fraction of sp³-hybridized carbons (Fsp3) is 0.317. The van der Waals surface area contributed by atoms with Gasteiger partial charge >= 0.3 is 52.1 Å². The molecule has 0 radical (unpaired) electrons. The van der Waals surface area contributed by atoms with Gasteiger partial charge in [-0.15, -0.1) is 37.2 Å². The molecule has 0 saturated heterocycles. The minimum absolute atomic E-state index is 0. The SMILES string of the molecule is Cc1cc[c-]cc1.Cl.Cl.Cl.N.[Br-].[C-]#[N+]c1ccc(C(O)(CCCN(C)C)c2ccc(F)cc2)c(CO)c1.[C-]#[N+]c1ccc2c(c1)COC2=O.[CH2-]CCN(C)C.[Cl-].[Mg+2].[Mg+2]. The van der Waals surface area contributed by atoms with Gasteiger partial charge in [0, 0.05) is 0 Å². The van der Waals surface area contributed by atoms with Crippen LogP contribution in [0.2, 0.25) is 0 Å². The van der Waals surface area contributed by atoms with Gasteiger partial charge in [0.05, 0.1) is 25.3 Å². The van der Waals surface area contributed by atoms with Crippen LogP contribution in [0.3, 0.4) is 0 Å². The van der Waals surface area contributed by atoms with Crippen LogP contribution in [0.25, 0.3) is 9.69 Å². The zero-order valence-corrected chi connectivity index (χ0v) is 41.3. The number of fused-ring (bicyclic) bond motifs is 1. The van der Waals surface area contributed by atoms with Crippen molar-refractivity contribution in [2.24, 2.45) is 0 Å². The van der Waals surface area contributed by atoms with Crippen LogP contribution >= 0.6 is 37.2 Å². The average Bonchev–Trinajstić information content (AvgIpc) is 3.48. The van der Waals surface area contributed by atoms with E-state index in [1.54, 1.807) is 48.5 Å². The Morgan fingerprint density at radius 1 is 0.879 bits per heavy atom. The maximum absolute atomic E-state index is 13.3. The Labute approximate surface area is 412 Å². The number of nitrogens with zero attached hydrogens (tertiary/aromatic N) is 4. The van der Waals surface area contributed by atoms with Gasteiger partial charge in [-0.05, 0) is 94.6 Å². The Bertz CT molecular complexity index is 1760. The number of benzene rings is 4. The van der Waals surface area contributed by atoms with Gasteiger partial charge in [-0.1, -0.05) is 49.4 Å². The van der Waals surface area contributed by atoms with E-state index in [0.29, 0.717) is 46.7 Å². The first-order chi connectivity index (χ1) is 23.9. The molecule has 0 fully saturated rings. The standard InChI is InChI=1S/C20H23FN2O2.C9H5NO2.C7H7.C5H12N.BrH.4ClH.2Mg.H3N/c1-22-18-9-10-19(15(13-18)14-24)20(25,11-4-12-23(2)3)16-5-7-17(21)8-6-16;1-10-7-2-3-8-6(4-7)5-12-9(8)11;1-7-5-3-2-4-6-7;1-4-5-6(2)3;;;;;;;;/h5-10,13,24-25H,4,11-12,14H2,2-3H3;2-4H,5H2;3-6H,1H3;1,4-5H2,2-3H3;5*1H;;;1H3/q;;2*-1;;;;;;2*+2;/p-2. The molecule has 1 unspecified atom stereocenters. The Morgan fingerprint density at radius 2 is 1.40 bits per heavy atom. The van der Waals surface area contributed by atoms with Crippen LogP contribution in [-0.2, 0) is 23.6 Å². The number of hydrogen-bond acceptors (Lipinski definition) is 7. The number of halogens is 6. The van der Waals surface area contributed by atoms with Gasteiger partial charge in [0.2, 0.25) is 0 Å². The molecule has 0 bridgehead atoms. The molecule has 0 spiro atoms. The first-order valence-electron chi connectivity index (χ1n) is 16.2. The molecule has 17 heteroatoms. The van der Waals surface area contributed by atoms with Crippen LogP contribution in [0.15, 0.2) is 84.9 Å². The molecule has 5 rings (SSSR count). The summed E-state index contributed by atoms with van der Waals surface area (Å²) in [6.07, 6.45) is 2.14. The summed E-state index contributed by atoms with van der Waals surface area (Å²) in [6, 6.07) is 26.4. The normalized spacial score (nSPS) is 10.7. The Morgan fingerprint density at radius 3 is 1.83 bits per heavy atom. The summed E-state index contributed by atoms with van der Waals surface area (Å²) in [5.74, 6) is -0.661. The number of esters is 1. The first kappa shape index (κ1) is 70.8. The molecular formula is C41H53BrCl4FMg2N5O4. The largest absolute Gasteiger partial charge is 2.00 e. The van der Waals surface area contributed by atoms with E-state index in [9.17, 15) is 19.4 Å².